The third-order valence-electron chi connectivity index (χ3n) is 6.37. The van der Waals surface area contributed by atoms with E-state index in [1.165, 1.54) is 10.5 Å². The summed E-state index contributed by atoms with van der Waals surface area (Å²) in [6, 6.07) is 19.4. The molecule has 0 saturated carbocycles. The lowest BCUT2D eigenvalue weighted by Gasteiger charge is -2.43. The number of benzene rings is 2. The van der Waals surface area contributed by atoms with Crippen molar-refractivity contribution in [2.75, 3.05) is 30.3 Å². The Balaban J connectivity index is 1.27. The van der Waals surface area contributed by atoms with Crippen molar-refractivity contribution in [3.63, 3.8) is 0 Å². The molecular formula is C23H25N3O2S. The number of likely N-dealkylation sites (tertiary alicyclic amines) is 1. The Bertz CT molecular complexity index is 897. The van der Waals surface area contributed by atoms with Gasteiger partial charge >= 0.3 is 6.03 Å². The molecule has 3 aliphatic rings. The van der Waals surface area contributed by atoms with Crippen molar-refractivity contribution in [1.29, 1.82) is 0 Å². The highest BCUT2D eigenvalue weighted by atomic mass is 32.2. The summed E-state index contributed by atoms with van der Waals surface area (Å²) in [7, 11) is 0. The van der Waals surface area contributed by atoms with Gasteiger partial charge in [-0.15, -0.1) is 11.8 Å². The van der Waals surface area contributed by atoms with Crippen LogP contribution < -0.4 is 4.90 Å². The summed E-state index contributed by atoms with van der Waals surface area (Å²) >= 11 is 1.81. The monoisotopic (exact) mass is 407 g/mol. The van der Waals surface area contributed by atoms with Gasteiger partial charge in [0.2, 0.25) is 0 Å². The molecular weight excluding hydrogens is 382 g/mol. The minimum absolute atomic E-state index is 0.0721. The largest absolute Gasteiger partial charge is 0.333 e. The van der Waals surface area contributed by atoms with Gasteiger partial charge in [-0.2, -0.15) is 0 Å². The number of rotatable bonds is 4. The second-order valence-electron chi connectivity index (χ2n) is 8.01. The van der Waals surface area contributed by atoms with E-state index in [0.717, 1.165) is 38.9 Å². The summed E-state index contributed by atoms with van der Waals surface area (Å²) in [6.07, 6.45) is 2.89. The topological polar surface area (TPSA) is 43.9 Å². The van der Waals surface area contributed by atoms with Crippen LogP contribution in [0.1, 0.15) is 18.4 Å². The zero-order valence-corrected chi connectivity index (χ0v) is 17.2. The Morgan fingerprint density at radius 1 is 0.931 bits per heavy atom. The Morgan fingerprint density at radius 3 is 2.28 bits per heavy atom. The highest BCUT2D eigenvalue weighted by Gasteiger charge is 2.60. The van der Waals surface area contributed by atoms with Gasteiger partial charge in [-0.05, 0) is 37.0 Å². The number of hydrogen-bond acceptors (Lipinski definition) is 4. The molecule has 2 aromatic rings. The number of fused-ring (bicyclic) bond motifs is 2. The number of anilines is 1. The van der Waals surface area contributed by atoms with Crippen molar-refractivity contribution >= 4 is 29.4 Å². The van der Waals surface area contributed by atoms with Gasteiger partial charge in [-0.1, -0.05) is 48.5 Å². The summed E-state index contributed by atoms with van der Waals surface area (Å²) in [5, 5.41) is 0. The minimum atomic E-state index is -0.316. The zero-order valence-electron chi connectivity index (χ0n) is 16.4. The van der Waals surface area contributed by atoms with Gasteiger partial charge in [0.15, 0.2) is 0 Å². The highest BCUT2D eigenvalue weighted by Crippen LogP contribution is 2.50. The molecule has 3 fully saturated rings. The maximum Gasteiger partial charge on any atom is 0.333 e. The molecule has 3 saturated heterocycles. The number of hydrogen-bond donors (Lipinski definition) is 0. The predicted octanol–water partition coefficient (Wildman–Crippen LogP) is 3.61. The first kappa shape index (κ1) is 18.7. The normalized spacial score (nSPS) is 23.8. The van der Waals surface area contributed by atoms with Gasteiger partial charge in [-0.3, -0.25) is 9.69 Å². The predicted molar refractivity (Wildman–Crippen MR) is 116 cm³/mol. The van der Waals surface area contributed by atoms with Gasteiger partial charge in [0.25, 0.3) is 5.91 Å². The molecule has 29 heavy (non-hydrogen) atoms. The fourth-order valence-electron chi connectivity index (χ4n) is 4.76. The van der Waals surface area contributed by atoms with Crippen molar-refractivity contribution < 1.29 is 9.59 Å². The first-order chi connectivity index (χ1) is 14.2. The smallest absolute Gasteiger partial charge is 0.303 e. The molecule has 0 aromatic heterocycles. The van der Waals surface area contributed by atoms with Crippen LogP contribution in [0.25, 0.3) is 0 Å². The number of amides is 3. The van der Waals surface area contributed by atoms with Crippen LogP contribution in [0.2, 0.25) is 0 Å². The number of nitrogens with zero attached hydrogens (tertiary/aromatic N) is 3. The summed E-state index contributed by atoms with van der Waals surface area (Å²) in [5.41, 5.74) is 2.04. The van der Waals surface area contributed by atoms with Gasteiger partial charge in [0.05, 0.1) is 10.6 Å². The van der Waals surface area contributed by atoms with E-state index in [0.29, 0.717) is 11.4 Å². The quantitative estimate of drug-likeness (QED) is 0.727. The molecule has 0 N–H and O–H groups in total. The van der Waals surface area contributed by atoms with E-state index >= 15 is 0 Å². The second kappa shape index (κ2) is 7.50. The van der Waals surface area contributed by atoms with Gasteiger partial charge < -0.3 is 4.90 Å². The molecule has 0 radical (unpaired) electrons. The van der Waals surface area contributed by atoms with Crippen molar-refractivity contribution in [3.05, 3.63) is 66.2 Å². The van der Waals surface area contributed by atoms with Crippen LogP contribution in [0.5, 0.6) is 0 Å². The van der Waals surface area contributed by atoms with E-state index in [-0.39, 0.29) is 22.9 Å². The van der Waals surface area contributed by atoms with Gasteiger partial charge in [0, 0.05) is 25.4 Å². The van der Waals surface area contributed by atoms with Crippen LogP contribution in [-0.2, 0) is 11.2 Å². The fraction of sp³-hybridized carbons (Fsp3) is 0.391. The Labute approximate surface area is 175 Å². The number of carbonyl (C=O) groups is 2. The van der Waals surface area contributed by atoms with Gasteiger partial charge in [-0.25, -0.2) is 9.69 Å². The Morgan fingerprint density at radius 2 is 1.59 bits per heavy atom. The molecule has 1 atom stereocenters. The van der Waals surface area contributed by atoms with Crippen molar-refractivity contribution in [2.24, 2.45) is 0 Å². The lowest BCUT2D eigenvalue weighted by Crippen LogP contribution is -2.53. The summed E-state index contributed by atoms with van der Waals surface area (Å²) in [5.74, 6) is 0.634. The van der Waals surface area contributed by atoms with E-state index in [9.17, 15) is 9.59 Å². The number of urea groups is 1. The van der Waals surface area contributed by atoms with E-state index in [1.54, 1.807) is 0 Å². The van der Waals surface area contributed by atoms with Crippen molar-refractivity contribution in [3.8, 4) is 0 Å². The first-order valence-electron chi connectivity index (χ1n) is 10.3. The van der Waals surface area contributed by atoms with E-state index in [1.807, 2.05) is 47.0 Å². The van der Waals surface area contributed by atoms with Crippen molar-refractivity contribution in [1.82, 2.24) is 9.80 Å². The fourth-order valence-corrected chi connectivity index (χ4v) is 6.34. The van der Waals surface area contributed by atoms with E-state index in [2.05, 4.69) is 35.2 Å². The summed E-state index contributed by atoms with van der Waals surface area (Å²) in [4.78, 5) is 31.8. The molecule has 6 heteroatoms. The third kappa shape index (κ3) is 3.24. The zero-order chi connectivity index (χ0) is 19.8. The lowest BCUT2D eigenvalue weighted by molar-refractivity contribution is -0.119. The number of imide groups is 1. The average molecular weight is 408 g/mol. The lowest BCUT2D eigenvalue weighted by atomic mass is 10.0. The number of para-hydroxylation sites is 1. The molecule has 150 valence electrons. The van der Waals surface area contributed by atoms with Crippen molar-refractivity contribution in [2.45, 2.75) is 30.2 Å². The highest BCUT2D eigenvalue weighted by molar-refractivity contribution is 8.01. The minimum Gasteiger partial charge on any atom is -0.303 e. The van der Waals surface area contributed by atoms with Crippen LogP contribution in [0, 0.1) is 0 Å². The number of piperidine rings is 1. The second-order valence-corrected chi connectivity index (χ2v) is 9.39. The van der Waals surface area contributed by atoms with Crippen LogP contribution in [0.15, 0.2) is 60.7 Å². The molecule has 0 aliphatic carbocycles. The number of carbonyl (C=O) groups excluding carboxylic acids is 2. The summed E-state index contributed by atoms with van der Waals surface area (Å²) in [6.45, 7) is 2.98. The Kier molecular flexibility index (Phi) is 4.84. The molecule has 5 nitrogen and oxygen atoms in total. The number of thioether (sulfide) groups is 1. The summed E-state index contributed by atoms with van der Waals surface area (Å²) < 4.78 is 0. The Hall–Kier alpha value is -2.31. The standard InChI is InChI=1S/C23H25N3O2S/c27-21-20-17-29-23(26(20)22(28)25(21)19-9-5-2-6-10-19)12-15-24(16-13-23)14-11-18-7-3-1-4-8-18/h1-10,20H,11-17H2/t20-/m0/s1. The molecule has 3 heterocycles. The third-order valence-corrected chi connectivity index (χ3v) is 8.00. The molecule has 5 rings (SSSR count). The molecule has 3 amide bonds. The van der Waals surface area contributed by atoms with E-state index < -0.39 is 0 Å². The molecule has 2 aromatic carbocycles. The molecule has 3 aliphatic heterocycles. The van der Waals surface area contributed by atoms with E-state index in [4.69, 9.17) is 0 Å². The van der Waals surface area contributed by atoms with Crippen LogP contribution in [0.4, 0.5) is 10.5 Å². The SMILES string of the molecule is O=C1[C@@H]2CSC3(CCN(CCc4ccccc4)CC3)N2C(=O)N1c1ccccc1. The molecule has 1 spiro atoms. The molecule has 0 unspecified atom stereocenters. The molecule has 0 bridgehead atoms. The maximum atomic E-state index is 13.3. The van der Waals surface area contributed by atoms with Crippen LogP contribution in [-0.4, -0.2) is 58.0 Å². The van der Waals surface area contributed by atoms with Gasteiger partial charge in [0.1, 0.15) is 6.04 Å². The van der Waals surface area contributed by atoms with Crippen LogP contribution in [0.3, 0.4) is 0 Å². The van der Waals surface area contributed by atoms with Crippen LogP contribution >= 0.6 is 11.8 Å². The maximum absolute atomic E-state index is 13.3. The average Bonchev–Trinajstić information content (AvgIpc) is 3.25. The first-order valence-corrected chi connectivity index (χ1v) is 11.3.